The monoisotopic (exact) mass is 171 g/mol. The number of hydrogen-bond acceptors (Lipinski definition) is 2. The van der Waals surface area contributed by atoms with Gasteiger partial charge in [0.15, 0.2) is 0 Å². The number of aliphatic hydroxyl groups is 1. The van der Waals surface area contributed by atoms with Gasteiger partial charge in [0.2, 0.25) is 5.91 Å². The molecule has 3 nitrogen and oxygen atoms in total. The Balaban J connectivity index is 3.45. The van der Waals surface area contributed by atoms with Crippen LogP contribution in [0.1, 0.15) is 26.7 Å². The molecule has 2 N–H and O–H groups in total. The second kappa shape index (κ2) is 6.85. The molecule has 70 valence electrons. The number of unbranched alkanes of at least 4 members (excludes halogenated alkanes) is 1. The molecule has 0 fully saturated rings. The number of aliphatic hydroxyl groups excluding tert-OH is 1. The van der Waals surface area contributed by atoms with Crippen LogP contribution in [0.25, 0.3) is 0 Å². The summed E-state index contributed by atoms with van der Waals surface area (Å²) < 4.78 is 0. The van der Waals surface area contributed by atoms with Crippen LogP contribution in [0.5, 0.6) is 0 Å². The van der Waals surface area contributed by atoms with Gasteiger partial charge in [-0.25, -0.2) is 0 Å². The Morgan fingerprint density at radius 1 is 1.50 bits per heavy atom. The highest BCUT2D eigenvalue weighted by Gasteiger charge is 1.99. The van der Waals surface area contributed by atoms with Gasteiger partial charge in [0.1, 0.15) is 0 Å². The average molecular weight is 171 g/mol. The lowest BCUT2D eigenvalue weighted by atomic mass is 10.2. The van der Waals surface area contributed by atoms with Crippen molar-refractivity contribution < 1.29 is 9.90 Å². The molecule has 0 heterocycles. The number of allylic oxidation sites excluding steroid dienone is 1. The predicted octanol–water partition coefficient (Wildman–Crippen LogP) is 0.841. The highest BCUT2D eigenvalue weighted by molar-refractivity contribution is 5.92. The van der Waals surface area contributed by atoms with E-state index < -0.39 is 0 Å². The van der Waals surface area contributed by atoms with E-state index in [1.807, 2.05) is 6.92 Å². The van der Waals surface area contributed by atoms with Gasteiger partial charge >= 0.3 is 0 Å². The average Bonchev–Trinajstić information content (AvgIpc) is 2.10. The molecule has 0 aromatic heterocycles. The fraction of sp³-hybridized carbons (Fsp3) is 0.667. The molecule has 12 heavy (non-hydrogen) atoms. The van der Waals surface area contributed by atoms with Crippen molar-refractivity contribution in [3.63, 3.8) is 0 Å². The SMILES string of the molecule is C/C=C(\C)C(=O)NCCCCO. The fourth-order valence-corrected chi connectivity index (χ4v) is 0.709. The summed E-state index contributed by atoms with van der Waals surface area (Å²) in [7, 11) is 0. The van der Waals surface area contributed by atoms with Gasteiger partial charge in [-0.1, -0.05) is 6.08 Å². The van der Waals surface area contributed by atoms with E-state index in [0.29, 0.717) is 6.54 Å². The molecule has 0 saturated heterocycles. The van der Waals surface area contributed by atoms with Crippen molar-refractivity contribution in [2.24, 2.45) is 0 Å². The van der Waals surface area contributed by atoms with Crippen molar-refractivity contribution in [1.29, 1.82) is 0 Å². The van der Waals surface area contributed by atoms with E-state index in [0.717, 1.165) is 18.4 Å². The topological polar surface area (TPSA) is 49.3 Å². The summed E-state index contributed by atoms with van der Waals surface area (Å²) in [5.74, 6) is -0.0181. The summed E-state index contributed by atoms with van der Waals surface area (Å²) in [6.07, 6.45) is 3.36. The van der Waals surface area contributed by atoms with E-state index in [-0.39, 0.29) is 12.5 Å². The molecule has 0 bridgehead atoms. The first kappa shape index (κ1) is 11.2. The van der Waals surface area contributed by atoms with Crippen molar-refractivity contribution in [1.82, 2.24) is 5.32 Å². The summed E-state index contributed by atoms with van der Waals surface area (Å²) in [6, 6.07) is 0. The van der Waals surface area contributed by atoms with Gasteiger partial charge < -0.3 is 10.4 Å². The van der Waals surface area contributed by atoms with Gasteiger partial charge in [-0.15, -0.1) is 0 Å². The van der Waals surface area contributed by atoms with Gasteiger partial charge in [0, 0.05) is 18.7 Å². The van der Waals surface area contributed by atoms with E-state index >= 15 is 0 Å². The minimum absolute atomic E-state index is 0.0181. The number of carbonyl (C=O) groups excluding carboxylic acids is 1. The minimum atomic E-state index is -0.0181. The summed E-state index contributed by atoms with van der Waals surface area (Å²) in [5.41, 5.74) is 0.735. The number of amides is 1. The van der Waals surface area contributed by atoms with E-state index in [4.69, 9.17) is 5.11 Å². The summed E-state index contributed by atoms with van der Waals surface area (Å²) >= 11 is 0. The zero-order valence-corrected chi connectivity index (χ0v) is 7.76. The molecule has 0 aromatic rings. The van der Waals surface area contributed by atoms with E-state index in [9.17, 15) is 4.79 Å². The molecular formula is C9H17NO2. The van der Waals surface area contributed by atoms with Gasteiger partial charge in [0.25, 0.3) is 0 Å². The van der Waals surface area contributed by atoms with Gasteiger partial charge in [0.05, 0.1) is 0 Å². The van der Waals surface area contributed by atoms with Crippen LogP contribution in [0.2, 0.25) is 0 Å². The van der Waals surface area contributed by atoms with Crippen LogP contribution in [-0.2, 0) is 4.79 Å². The lowest BCUT2D eigenvalue weighted by Gasteiger charge is -2.03. The highest BCUT2D eigenvalue weighted by atomic mass is 16.2. The van der Waals surface area contributed by atoms with Crippen LogP contribution in [-0.4, -0.2) is 24.2 Å². The Labute approximate surface area is 73.5 Å². The molecule has 0 aromatic carbocycles. The molecule has 0 radical (unpaired) electrons. The normalized spacial score (nSPS) is 11.4. The van der Waals surface area contributed by atoms with Crippen molar-refractivity contribution in [3.05, 3.63) is 11.6 Å². The van der Waals surface area contributed by atoms with Crippen molar-refractivity contribution in [2.45, 2.75) is 26.7 Å². The lowest BCUT2D eigenvalue weighted by Crippen LogP contribution is -2.25. The van der Waals surface area contributed by atoms with Gasteiger partial charge in [-0.3, -0.25) is 4.79 Å². The Kier molecular flexibility index (Phi) is 6.38. The first-order valence-electron chi connectivity index (χ1n) is 4.24. The number of hydrogen-bond donors (Lipinski definition) is 2. The maximum Gasteiger partial charge on any atom is 0.246 e. The largest absolute Gasteiger partial charge is 0.396 e. The van der Waals surface area contributed by atoms with Gasteiger partial charge in [-0.05, 0) is 26.7 Å². The van der Waals surface area contributed by atoms with Crippen LogP contribution in [0.4, 0.5) is 0 Å². The first-order chi connectivity index (χ1) is 5.72. The Hall–Kier alpha value is -0.830. The number of rotatable bonds is 5. The summed E-state index contributed by atoms with van der Waals surface area (Å²) in [4.78, 5) is 11.1. The molecule has 3 heteroatoms. The molecule has 0 aliphatic heterocycles. The minimum Gasteiger partial charge on any atom is -0.396 e. The van der Waals surface area contributed by atoms with E-state index in [2.05, 4.69) is 5.32 Å². The molecule has 0 saturated carbocycles. The first-order valence-corrected chi connectivity index (χ1v) is 4.24. The maximum atomic E-state index is 11.1. The maximum absolute atomic E-state index is 11.1. The molecule has 0 aliphatic rings. The Morgan fingerprint density at radius 2 is 2.17 bits per heavy atom. The van der Waals surface area contributed by atoms with Crippen molar-refractivity contribution in [3.8, 4) is 0 Å². The third-order valence-electron chi connectivity index (χ3n) is 1.66. The van der Waals surface area contributed by atoms with E-state index in [1.54, 1.807) is 13.0 Å². The molecule has 0 atom stereocenters. The van der Waals surface area contributed by atoms with Crippen molar-refractivity contribution >= 4 is 5.91 Å². The van der Waals surface area contributed by atoms with Gasteiger partial charge in [-0.2, -0.15) is 0 Å². The van der Waals surface area contributed by atoms with E-state index in [1.165, 1.54) is 0 Å². The second-order valence-corrected chi connectivity index (χ2v) is 2.66. The number of carbonyl (C=O) groups is 1. The van der Waals surface area contributed by atoms with Crippen molar-refractivity contribution in [2.75, 3.05) is 13.2 Å². The molecule has 0 unspecified atom stereocenters. The Morgan fingerprint density at radius 3 is 2.67 bits per heavy atom. The fourth-order valence-electron chi connectivity index (χ4n) is 0.709. The standard InChI is InChI=1S/C9H17NO2/c1-3-8(2)9(12)10-6-4-5-7-11/h3,11H,4-7H2,1-2H3,(H,10,12)/b8-3+. The Bertz CT molecular complexity index is 164. The summed E-state index contributed by atoms with van der Waals surface area (Å²) in [5, 5.41) is 11.2. The zero-order chi connectivity index (χ0) is 9.40. The highest BCUT2D eigenvalue weighted by Crippen LogP contribution is 1.91. The third kappa shape index (κ3) is 4.91. The van der Waals surface area contributed by atoms with Crippen LogP contribution < -0.4 is 5.32 Å². The predicted molar refractivity (Wildman–Crippen MR) is 48.8 cm³/mol. The number of nitrogens with one attached hydrogen (secondary N) is 1. The molecule has 1 amide bonds. The van der Waals surface area contributed by atoms with Crippen LogP contribution >= 0.6 is 0 Å². The molecule has 0 rings (SSSR count). The second-order valence-electron chi connectivity index (χ2n) is 2.66. The molecule has 0 spiro atoms. The van der Waals surface area contributed by atoms with Crippen LogP contribution in [0, 0.1) is 0 Å². The molecule has 0 aliphatic carbocycles. The lowest BCUT2D eigenvalue weighted by molar-refractivity contribution is -0.117. The van der Waals surface area contributed by atoms with Crippen LogP contribution in [0.3, 0.4) is 0 Å². The quantitative estimate of drug-likeness (QED) is 0.475. The smallest absolute Gasteiger partial charge is 0.246 e. The third-order valence-corrected chi connectivity index (χ3v) is 1.66. The molecular weight excluding hydrogens is 154 g/mol. The zero-order valence-electron chi connectivity index (χ0n) is 7.76. The van der Waals surface area contributed by atoms with Crippen LogP contribution in [0.15, 0.2) is 11.6 Å². The summed E-state index contributed by atoms with van der Waals surface area (Å²) in [6.45, 7) is 4.45.